The number of aromatic nitrogens is 4. The van der Waals surface area contributed by atoms with Crippen LogP contribution < -0.4 is 16.1 Å². The van der Waals surface area contributed by atoms with Gasteiger partial charge in [-0.05, 0) is 55.3 Å². The Morgan fingerprint density at radius 3 is 2.21 bits per heavy atom. The van der Waals surface area contributed by atoms with E-state index in [1.54, 1.807) is 30.7 Å². The molecule has 4 aromatic rings. The van der Waals surface area contributed by atoms with Crippen molar-refractivity contribution < 1.29 is 4.92 Å². The monoisotopic (exact) mass is 455 g/mol. The number of hydrogen-bond acceptors (Lipinski definition) is 10. The van der Waals surface area contributed by atoms with Gasteiger partial charge in [-0.1, -0.05) is 12.1 Å². The molecule has 3 N–H and O–H groups in total. The van der Waals surface area contributed by atoms with E-state index in [9.17, 15) is 10.1 Å². The van der Waals surface area contributed by atoms with Crippen LogP contribution in [0.2, 0.25) is 0 Å². The molecule has 0 saturated heterocycles. The summed E-state index contributed by atoms with van der Waals surface area (Å²) >= 11 is 0. The van der Waals surface area contributed by atoms with Crippen LogP contribution in [0.4, 0.5) is 34.9 Å². The van der Waals surface area contributed by atoms with E-state index < -0.39 is 4.92 Å². The van der Waals surface area contributed by atoms with Gasteiger partial charge in [-0.3, -0.25) is 15.1 Å². The summed E-state index contributed by atoms with van der Waals surface area (Å²) in [5.74, 6) is 0.724. The average molecular weight is 455 g/mol. The van der Waals surface area contributed by atoms with Crippen molar-refractivity contribution in [3.8, 4) is 0 Å². The Bertz CT molecular complexity index is 1330. The molecule has 0 unspecified atom stereocenters. The van der Waals surface area contributed by atoms with Crippen LogP contribution in [-0.4, -0.2) is 31.1 Å². The number of nitro benzene ring substituents is 1. The lowest BCUT2D eigenvalue weighted by atomic mass is 10.1. The number of hydrogen-bond donors (Lipinski definition) is 3. The van der Waals surface area contributed by atoms with Gasteiger partial charge in [0.05, 0.1) is 11.1 Å². The highest BCUT2D eigenvalue weighted by atomic mass is 16.6. The Kier molecular flexibility index (Phi) is 6.63. The normalized spacial score (nSPS) is 10.8. The van der Waals surface area contributed by atoms with Crippen molar-refractivity contribution in [1.29, 1.82) is 0 Å². The first-order chi connectivity index (χ1) is 16.5. The number of hydrazone groups is 1. The number of non-ortho nitro benzene ring substituents is 1. The van der Waals surface area contributed by atoms with Crippen molar-refractivity contribution in [2.75, 3.05) is 16.1 Å². The van der Waals surface area contributed by atoms with Crippen LogP contribution in [0.1, 0.15) is 16.7 Å². The number of anilines is 5. The zero-order valence-corrected chi connectivity index (χ0v) is 18.4. The van der Waals surface area contributed by atoms with E-state index in [0.29, 0.717) is 11.6 Å². The molecule has 0 radical (unpaired) electrons. The van der Waals surface area contributed by atoms with Crippen LogP contribution in [0.25, 0.3) is 0 Å². The van der Waals surface area contributed by atoms with Crippen molar-refractivity contribution in [1.82, 2.24) is 19.9 Å². The Labute approximate surface area is 195 Å². The second-order valence-electron chi connectivity index (χ2n) is 7.32. The van der Waals surface area contributed by atoms with Gasteiger partial charge in [0, 0.05) is 41.5 Å². The molecular weight excluding hydrogens is 434 g/mol. The number of benzene rings is 2. The van der Waals surface area contributed by atoms with Gasteiger partial charge in [-0.15, -0.1) is 0 Å². The molecular formula is C23H21N9O2. The maximum atomic E-state index is 10.9. The van der Waals surface area contributed by atoms with Gasteiger partial charge in [0.25, 0.3) is 5.69 Å². The van der Waals surface area contributed by atoms with Crippen LogP contribution in [-0.2, 0) is 0 Å². The Hall–Kier alpha value is -4.93. The highest BCUT2D eigenvalue weighted by Gasteiger charge is 2.09. The molecule has 0 atom stereocenters. The van der Waals surface area contributed by atoms with Crippen LogP contribution in [0, 0.1) is 24.0 Å². The fourth-order valence-electron chi connectivity index (χ4n) is 2.90. The second-order valence-corrected chi connectivity index (χ2v) is 7.32. The molecule has 0 aliphatic heterocycles. The quantitative estimate of drug-likeness (QED) is 0.195. The third kappa shape index (κ3) is 5.85. The smallest absolute Gasteiger partial charge is 0.269 e. The summed E-state index contributed by atoms with van der Waals surface area (Å²) in [6.07, 6.45) is 4.95. The molecule has 0 amide bonds. The van der Waals surface area contributed by atoms with Gasteiger partial charge in [0.1, 0.15) is 0 Å². The first kappa shape index (κ1) is 22.3. The summed E-state index contributed by atoms with van der Waals surface area (Å²) in [6, 6.07) is 15.6. The van der Waals surface area contributed by atoms with Crippen molar-refractivity contribution in [2.45, 2.75) is 13.8 Å². The van der Waals surface area contributed by atoms with E-state index in [4.69, 9.17) is 0 Å². The van der Waals surface area contributed by atoms with E-state index >= 15 is 0 Å². The lowest BCUT2D eigenvalue weighted by Crippen LogP contribution is -2.07. The maximum absolute atomic E-state index is 10.9. The fourth-order valence-corrected chi connectivity index (χ4v) is 2.90. The fraction of sp³-hybridized carbons (Fsp3) is 0.0870. The van der Waals surface area contributed by atoms with Gasteiger partial charge < -0.3 is 10.6 Å². The zero-order valence-electron chi connectivity index (χ0n) is 18.4. The molecule has 2 heterocycles. The minimum Gasteiger partial charge on any atom is -0.324 e. The standard InChI is InChI=1S/C23H21N9O2/c1-15-5-6-19(12-16(15)2)27-22-28-21(26-18-7-9-20(10-8-18)32(33)34)29-23(30-22)31-25-14-17-4-3-11-24-13-17/h3-14H,1-2H3,(H3,26,27,28,29,30,31). The molecule has 11 heteroatoms. The highest BCUT2D eigenvalue weighted by molar-refractivity contribution is 5.79. The van der Waals surface area contributed by atoms with Gasteiger partial charge in [-0.25, -0.2) is 5.43 Å². The zero-order chi connectivity index (χ0) is 23.9. The van der Waals surface area contributed by atoms with E-state index in [1.807, 2.05) is 44.2 Å². The summed E-state index contributed by atoms with van der Waals surface area (Å²) in [7, 11) is 0. The summed E-state index contributed by atoms with van der Waals surface area (Å²) in [4.78, 5) is 27.6. The van der Waals surface area contributed by atoms with Crippen molar-refractivity contribution in [3.05, 3.63) is 93.8 Å². The predicted molar refractivity (Wildman–Crippen MR) is 131 cm³/mol. The maximum Gasteiger partial charge on any atom is 0.269 e. The molecule has 0 aliphatic carbocycles. The molecule has 0 saturated carbocycles. The lowest BCUT2D eigenvalue weighted by Gasteiger charge is -2.11. The third-order valence-electron chi connectivity index (χ3n) is 4.80. The molecule has 0 spiro atoms. The van der Waals surface area contributed by atoms with Crippen LogP contribution >= 0.6 is 0 Å². The largest absolute Gasteiger partial charge is 0.324 e. The van der Waals surface area contributed by atoms with Gasteiger partial charge in [0.2, 0.25) is 17.8 Å². The van der Waals surface area contributed by atoms with Crippen LogP contribution in [0.15, 0.2) is 72.1 Å². The number of pyridine rings is 1. The van der Waals surface area contributed by atoms with Gasteiger partial charge >= 0.3 is 0 Å². The second kappa shape index (κ2) is 10.1. The number of nitrogens with zero attached hydrogens (tertiary/aromatic N) is 6. The number of rotatable bonds is 8. The Morgan fingerprint density at radius 1 is 0.882 bits per heavy atom. The summed E-state index contributed by atoms with van der Waals surface area (Å²) in [5.41, 5.74) is 7.30. The predicted octanol–water partition coefficient (Wildman–Crippen LogP) is 4.72. The van der Waals surface area contributed by atoms with Crippen molar-refractivity contribution >= 4 is 41.1 Å². The topological polar surface area (TPSA) is 143 Å². The highest BCUT2D eigenvalue weighted by Crippen LogP contribution is 2.22. The van der Waals surface area contributed by atoms with Gasteiger partial charge in [-0.2, -0.15) is 20.1 Å². The first-order valence-electron chi connectivity index (χ1n) is 10.3. The molecule has 34 heavy (non-hydrogen) atoms. The average Bonchev–Trinajstić information content (AvgIpc) is 2.82. The van der Waals surface area contributed by atoms with E-state index in [0.717, 1.165) is 16.8 Å². The van der Waals surface area contributed by atoms with E-state index in [1.165, 1.54) is 17.7 Å². The molecule has 2 aromatic heterocycles. The molecule has 11 nitrogen and oxygen atoms in total. The summed E-state index contributed by atoms with van der Waals surface area (Å²) in [6.45, 7) is 4.06. The summed E-state index contributed by atoms with van der Waals surface area (Å²) < 4.78 is 0. The molecule has 170 valence electrons. The van der Waals surface area contributed by atoms with E-state index in [2.05, 4.69) is 41.1 Å². The minimum absolute atomic E-state index is 0.00890. The molecule has 4 rings (SSSR count). The molecule has 0 fully saturated rings. The number of nitrogens with one attached hydrogen (secondary N) is 3. The molecule has 2 aromatic carbocycles. The first-order valence-corrected chi connectivity index (χ1v) is 10.3. The van der Waals surface area contributed by atoms with Crippen molar-refractivity contribution in [3.63, 3.8) is 0 Å². The summed E-state index contributed by atoms with van der Waals surface area (Å²) in [5, 5.41) is 21.3. The molecule has 0 aliphatic rings. The minimum atomic E-state index is -0.458. The van der Waals surface area contributed by atoms with Crippen LogP contribution in [0.3, 0.4) is 0 Å². The SMILES string of the molecule is Cc1ccc(Nc2nc(NN=Cc3cccnc3)nc(Nc3ccc([N+](=O)[O-])cc3)n2)cc1C. The Morgan fingerprint density at radius 2 is 1.56 bits per heavy atom. The van der Waals surface area contributed by atoms with Crippen molar-refractivity contribution in [2.24, 2.45) is 5.10 Å². The van der Waals surface area contributed by atoms with Gasteiger partial charge in [0.15, 0.2) is 0 Å². The number of aryl methyl sites for hydroxylation is 2. The third-order valence-corrected chi connectivity index (χ3v) is 4.80. The van der Waals surface area contributed by atoms with E-state index in [-0.39, 0.29) is 17.6 Å². The number of nitro groups is 1. The van der Waals surface area contributed by atoms with Crippen LogP contribution in [0.5, 0.6) is 0 Å². The Balaban J connectivity index is 1.59. The lowest BCUT2D eigenvalue weighted by molar-refractivity contribution is -0.384. The molecule has 0 bridgehead atoms.